The molecule has 2 aromatic heterocycles. The number of nitrogens with one attached hydrogen (secondary N) is 2. The second kappa shape index (κ2) is 9.45. The lowest BCUT2D eigenvalue weighted by molar-refractivity contribution is 0.311. The molecule has 0 amide bonds. The predicted octanol–water partition coefficient (Wildman–Crippen LogP) is 4.08. The zero-order valence-corrected chi connectivity index (χ0v) is 17.8. The lowest BCUT2D eigenvalue weighted by Crippen LogP contribution is -2.30. The van der Waals surface area contributed by atoms with E-state index in [9.17, 15) is 0 Å². The maximum absolute atomic E-state index is 5.57. The molecule has 0 spiro atoms. The van der Waals surface area contributed by atoms with Crippen LogP contribution >= 0.6 is 15.9 Å². The maximum atomic E-state index is 5.57. The molecule has 2 N–H and O–H groups in total. The van der Waals surface area contributed by atoms with Gasteiger partial charge in [0.05, 0.1) is 26.0 Å². The fourth-order valence-electron chi connectivity index (χ4n) is 2.72. The van der Waals surface area contributed by atoms with Crippen LogP contribution in [0.3, 0.4) is 0 Å². The molecule has 2 heterocycles. The van der Waals surface area contributed by atoms with Crippen molar-refractivity contribution in [3.63, 3.8) is 0 Å². The zero-order chi connectivity index (χ0) is 19.9. The van der Waals surface area contributed by atoms with E-state index in [0.29, 0.717) is 30.6 Å². The van der Waals surface area contributed by atoms with E-state index in [1.165, 1.54) is 0 Å². The van der Waals surface area contributed by atoms with E-state index in [4.69, 9.17) is 9.47 Å². The molecule has 28 heavy (non-hydrogen) atoms. The third-order valence-electron chi connectivity index (χ3n) is 3.93. The van der Waals surface area contributed by atoms with Gasteiger partial charge in [0.25, 0.3) is 0 Å². The fourth-order valence-corrected chi connectivity index (χ4v) is 3.07. The van der Waals surface area contributed by atoms with Gasteiger partial charge in [-0.05, 0) is 54.0 Å². The Morgan fingerprint density at radius 3 is 2.79 bits per heavy atom. The number of rotatable bonds is 7. The number of ether oxygens (including phenoxy) is 2. The molecular weight excluding hydrogens is 422 g/mol. The number of nitrogens with zero attached hydrogens (tertiary/aromatic N) is 3. The molecule has 7 nitrogen and oxygen atoms in total. The predicted molar refractivity (Wildman–Crippen MR) is 115 cm³/mol. The van der Waals surface area contributed by atoms with Crippen LogP contribution in [0, 0.1) is 0 Å². The number of hydrogen-bond donors (Lipinski definition) is 2. The van der Waals surface area contributed by atoms with E-state index in [1.54, 1.807) is 7.11 Å². The van der Waals surface area contributed by atoms with Crippen molar-refractivity contribution in [3.8, 4) is 11.5 Å². The van der Waals surface area contributed by atoms with Gasteiger partial charge in [-0.1, -0.05) is 0 Å². The summed E-state index contributed by atoms with van der Waals surface area (Å²) < 4.78 is 14.0. The highest BCUT2D eigenvalue weighted by atomic mass is 79.9. The average molecular weight is 446 g/mol. The maximum Gasteiger partial charge on any atom is 0.196 e. The van der Waals surface area contributed by atoms with Crippen molar-refractivity contribution in [2.24, 2.45) is 4.99 Å². The summed E-state index contributed by atoms with van der Waals surface area (Å²) in [5.74, 6) is 2.06. The Kier molecular flexibility index (Phi) is 6.76. The molecule has 0 radical (unpaired) electrons. The lowest BCUT2D eigenvalue weighted by Gasteiger charge is -2.14. The first-order valence-corrected chi connectivity index (χ1v) is 9.91. The first-order valence-electron chi connectivity index (χ1n) is 9.12. The number of hydrogen-bond acceptors (Lipinski definition) is 4. The van der Waals surface area contributed by atoms with Crippen LogP contribution in [0.25, 0.3) is 5.65 Å². The van der Waals surface area contributed by atoms with E-state index >= 15 is 0 Å². The molecule has 1 aromatic carbocycles. The summed E-state index contributed by atoms with van der Waals surface area (Å²) in [6.07, 6.45) is 3.96. The first kappa shape index (κ1) is 20.0. The van der Waals surface area contributed by atoms with Crippen LogP contribution in [0.1, 0.15) is 19.5 Å². The number of imidazole rings is 1. The summed E-state index contributed by atoms with van der Waals surface area (Å²) in [4.78, 5) is 9.24. The highest BCUT2D eigenvalue weighted by Crippen LogP contribution is 2.30. The third kappa shape index (κ3) is 4.95. The van der Waals surface area contributed by atoms with Crippen molar-refractivity contribution in [2.45, 2.75) is 20.4 Å². The molecule has 0 saturated carbocycles. The molecule has 0 atom stereocenters. The number of anilines is 1. The molecule has 0 unspecified atom stereocenters. The van der Waals surface area contributed by atoms with E-state index in [-0.39, 0.29) is 0 Å². The van der Waals surface area contributed by atoms with Crippen LogP contribution in [0.15, 0.2) is 52.2 Å². The quantitative estimate of drug-likeness (QED) is 0.423. The number of pyridine rings is 1. The van der Waals surface area contributed by atoms with Crippen LogP contribution < -0.4 is 20.1 Å². The summed E-state index contributed by atoms with van der Waals surface area (Å²) in [5.41, 5.74) is 2.64. The topological polar surface area (TPSA) is 72.2 Å². The molecule has 3 aromatic rings. The zero-order valence-electron chi connectivity index (χ0n) is 16.2. The van der Waals surface area contributed by atoms with Crippen LogP contribution in [0.4, 0.5) is 5.69 Å². The summed E-state index contributed by atoms with van der Waals surface area (Å²) in [7, 11) is 1.63. The van der Waals surface area contributed by atoms with Gasteiger partial charge in [-0.25, -0.2) is 9.98 Å². The molecule has 3 rings (SSSR count). The van der Waals surface area contributed by atoms with Crippen molar-refractivity contribution in [1.82, 2.24) is 14.7 Å². The highest BCUT2D eigenvalue weighted by molar-refractivity contribution is 9.10. The third-order valence-corrected chi connectivity index (χ3v) is 4.40. The molecule has 0 saturated heterocycles. The second-order valence-corrected chi connectivity index (χ2v) is 6.88. The molecular formula is C20H24BrN5O2. The van der Waals surface area contributed by atoms with E-state index in [2.05, 4.69) is 36.5 Å². The van der Waals surface area contributed by atoms with Crippen LogP contribution in [-0.4, -0.2) is 35.6 Å². The molecule has 8 heteroatoms. The number of aliphatic imine (C=N–C) groups is 1. The van der Waals surface area contributed by atoms with Crippen molar-refractivity contribution in [2.75, 3.05) is 25.6 Å². The Morgan fingerprint density at radius 2 is 2.04 bits per heavy atom. The molecule has 0 bridgehead atoms. The van der Waals surface area contributed by atoms with Gasteiger partial charge in [-0.15, -0.1) is 0 Å². The van der Waals surface area contributed by atoms with Crippen molar-refractivity contribution in [3.05, 3.63) is 52.9 Å². The van der Waals surface area contributed by atoms with Crippen molar-refractivity contribution < 1.29 is 9.47 Å². The minimum absolute atomic E-state index is 0.461. The van der Waals surface area contributed by atoms with E-state index in [1.807, 2.05) is 61.0 Å². The average Bonchev–Trinajstić information content (AvgIpc) is 3.09. The minimum atomic E-state index is 0.461. The molecule has 0 fully saturated rings. The van der Waals surface area contributed by atoms with Gasteiger partial charge in [0.1, 0.15) is 5.65 Å². The minimum Gasteiger partial charge on any atom is -0.493 e. The SMILES string of the molecule is CCNC(=NCc1cn2cc(Br)ccc2n1)Nc1ccc(OCC)c(OC)c1. The summed E-state index contributed by atoms with van der Waals surface area (Å²) >= 11 is 3.47. The lowest BCUT2D eigenvalue weighted by atomic mass is 10.2. The van der Waals surface area contributed by atoms with Gasteiger partial charge in [-0.3, -0.25) is 0 Å². The Labute approximate surface area is 172 Å². The van der Waals surface area contributed by atoms with Gasteiger partial charge >= 0.3 is 0 Å². The van der Waals surface area contributed by atoms with Crippen molar-refractivity contribution >= 4 is 33.2 Å². The molecule has 0 aliphatic rings. The summed E-state index contributed by atoms with van der Waals surface area (Å²) in [6.45, 7) is 5.77. The second-order valence-electron chi connectivity index (χ2n) is 5.96. The number of benzene rings is 1. The Hall–Kier alpha value is -2.74. The fraction of sp³-hybridized carbons (Fsp3) is 0.300. The Morgan fingerprint density at radius 1 is 1.18 bits per heavy atom. The number of fused-ring (bicyclic) bond motifs is 1. The van der Waals surface area contributed by atoms with Crippen LogP contribution in [0.2, 0.25) is 0 Å². The van der Waals surface area contributed by atoms with Gasteiger partial charge in [0.2, 0.25) is 0 Å². The van der Waals surface area contributed by atoms with Gasteiger partial charge < -0.3 is 24.5 Å². The molecule has 0 aliphatic carbocycles. The van der Waals surface area contributed by atoms with Gasteiger partial charge in [0, 0.05) is 35.2 Å². The normalized spacial score (nSPS) is 11.5. The standard InChI is InChI=1S/C20H24BrN5O2/c1-4-22-20(25-15-7-8-17(28-5-2)18(10-15)27-3)23-11-16-13-26-12-14(21)6-9-19(26)24-16/h6-10,12-13H,4-5,11H2,1-3H3,(H2,22,23,25). The summed E-state index contributed by atoms with van der Waals surface area (Å²) in [5, 5.41) is 6.54. The van der Waals surface area contributed by atoms with Crippen molar-refractivity contribution in [1.29, 1.82) is 0 Å². The first-order chi connectivity index (χ1) is 13.6. The number of aromatic nitrogens is 2. The smallest absolute Gasteiger partial charge is 0.196 e. The Balaban J connectivity index is 1.76. The molecule has 0 aliphatic heterocycles. The monoisotopic (exact) mass is 445 g/mol. The number of methoxy groups -OCH3 is 1. The molecule has 148 valence electrons. The van der Waals surface area contributed by atoms with E-state index < -0.39 is 0 Å². The highest BCUT2D eigenvalue weighted by Gasteiger charge is 2.07. The number of guanidine groups is 1. The Bertz CT molecular complexity index is 970. The van der Waals surface area contributed by atoms with Gasteiger partial charge in [0.15, 0.2) is 17.5 Å². The van der Waals surface area contributed by atoms with Crippen LogP contribution in [-0.2, 0) is 6.54 Å². The van der Waals surface area contributed by atoms with Gasteiger partial charge in [-0.2, -0.15) is 0 Å². The van der Waals surface area contributed by atoms with E-state index in [0.717, 1.165) is 28.0 Å². The number of halogens is 1. The summed E-state index contributed by atoms with van der Waals surface area (Å²) in [6, 6.07) is 9.64. The largest absolute Gasteiger partial charge is 0.493 e. The van der Waals surface area contributed by atoms with Crippen LogP contribution in [0.5, 0.6) is 11.5 Å².